The van der Waals surface area contributed by atoms with Gasteiger partial charge in [0.25, 0.3) is 0 Å². The van der Waals surface area contributed by atoms with Gasteiger partial charge in [0, 0.05) is 12.3 Å². The van der Waals surface area contributed by atoms with Gasteiger partial charge in [-0.05, 0) is 30.3 Å². The Balaban J connectivity index is 2.37. The van der Waals surface area contributed by atoms with Gasteiger partial charge in [0.05, 0.1) is 11.2 Å². The normalized spacial score (nSPS) is 11.2. The summed E-state index contributed by atoms with van der Waals surface area (Å²) in [5.74, 6) is -1.73. The van der Waals surface area contributed by atoms with Crippen molar-refractivity contribution in [2.24, 2.45) is 0 Å². The Kier molecular flexibility index (Phi) is 3.59. The average molecular weight is 311 g/mol. The van der Waals surface area contributed by atoms with Gasteiger partial charge in [-0.2, -0.15) is 0 Å². The molecule has 0 saturated carbocycles. The van der Waals surface area contributed by atoms with Crippen LogP contribution < -0.4 is 0 Å². The van der Waals surface area contributed by atoms with Crippen molar-refractivity contribution in [3.63, 3.8) is 0 Å². The molecule has 108 valence electrons. The number of fused-ring (bicyclic) bond motifs is 1. The standard InChI is InChI=1S/C15H10ClF3N2/c16-7-6-13-20-12-5-4-11(18)14(19)15(12)21(13)10-3-1-2-9(17)8-10/h1-5,8H,6-7H2. The van der Waals surface area contributed by atoms with Crippen LogP contribution in [0.3, 0.4) is 0 Å². The van der Waals surface area contributed by atoms with E-state index >= 15 is 0 Å². The fourth-order valence-electron chi connectivity index (χ4n) is 2.30. The third-order valence-electron chi connectivity index (χ3n) is 3.16. The Morgan fingerprint density at radius 2 is 1.90 bits per heavy atom. The minimum absolute atomic E-state index is 0.0132. The molecule has 0 bridgehead atoms. The number of halogens is 4. The third kappa shape index (κ3) is 2.38. The van der Waals surface area contributed by atoms with Crippen LogP contribution in [0.25, 0.3) is 16.7 Å². The van der Waals surface area contributed by atoms with E-state index in [4.69, 9.17) is 11.6 Å². The van der Waals surface area contributed by atoms with Crippen molar-refractivity contribution in [2.45, 2.75) is 6.42 Å². The summed E-state index contributed by atoms with van der Waals surface area (Å²) < 4.78 is 42.5. The van der Waals surface area contributed by atoms with Crippen LogP contribution in [0.15, 0.2) is 36.4 Å². The lowest BCUT2D eigenvalue weighted by atomic mass is 10.2. The van der Waals surface area contributed by atoms with E-state index in [0.717, 1.165) is 6.07 Å². The van der Waals surface area contributed by atoms with Crippen LogP contribution >= 0.6 is 11.6 Å². The van der Waals surface area contributed by atoms with Crippen molar-refractivity contribution >= 4 is 22.6 Å². The number of rotatable bonds is 3. The van der Waals surface area contributed by atoms with Crippen LogP contribution in [0.1, 0.15) is 5.82 Å². The summed E-state index contributed by atoms with van der Waals surface area (Å²) in [6.07, 6.45) is 0.355. The molecule has 0 aliphatic heterocycles. The van der Waals surface area contributed by atoms with Crippen LogP contribution in [0, 0.1) is 17.5 Å². The highest BCUT2D eigenvalue weighted by Gasteiger charge is 2.18. The average Bonchev–Trinajstić information content (AvgIpc) is 2.82. The predicted molar refractivity (Wildman–Crippen MR) is 75.4 cm³/mol. The van der Waals surface area contributed by atoms with Crippen LogP contribution in [-0.4, -0.2) is 15.4 Å². The molecule has 0 radical (unpaired) electrons. The quantitative estimate of drug-likeness (QED) is 0.662. The highest BCUT2D eigenvalue weighted by Crippen LogP contribution is 2.26. The van der Waals surface area contributed by atoms with Crippen molar-refractivity contribution in [3.8, 4) is 5.69 Å². The van der Waals surface area contributed by atoms with Crippen molar-refractivity contribution in [1.82, 2.24) is 9.55 Å². The fourth-order valence-corrected chi connectivity index (χ4v) is 2.47. The number of nitrogens with zero attached hydrogens (tertiary/aromatic N) is 2. The number of alkyl halides is 1. The van der Waals surface area contributed by atoms with E-state index in [-0.39, 0.29) is 11.4 Å². The number of aryl methyl sites for hydroxylation is 1. The van der Waals surface area contributed by atoms with Crippen LogP contribution in [0.5, 0.6) is 0 Å². The lowest BCUT2D eigenvalue weighted by Crippen LogP contribution is -2.04. The number of aromatic nitrogens is 2. The van der Waals surface area contributed by atoms with Gasteiger partial charge in [-0.25, -0.2) is 18.2 Å². The predicted octanol–water partition coefficient (Wildman–Crippen LogP) is 4.22. The molecule has 3 aromatic rings. The van der Waals surface area contributed by atoms with E-state index in [9.17, 15) is 13.2 Å². The number of imidazole rings is 1. The molecule has 0 N–H and O–H groups in total. The van der Waals surface area contributed by atoms with Crippen LogP contribution in [0.2, 0.25) is 0 Å². The largest absolute Gasteiger partial charge is 0.293 e. The maximum atomic E-state index is 14.1. The summed E-state index contributed by atoms with van der Waals surface area (Å²) in [7, 11) is 0. The van der Waals surface area contributed by atoms with Crippen molar-refractivity contribution in [2.75, 3.05) is 5.88 Å². The van der Waals surface area contributed by atoms with E-state index < -0.39 is 17.5 Å². The Hall–Kier alpha value is -2.01. The molecule has 2 aromatic carbocycles. The minimum Gasteiger partial charge on any atom is -0.293 e. The molecule has 0 amide bonds. The van der Waals surface area contributed by atoms with Crippen molar-refractivity contribution < 1.29 is 13.2 Å². The smallest absolute Gasteiger partial charge is 0.185 e. The molecule has 0 aliphatic carbocycles. The zero-order valence-electron chi connectivity index (χ0n) is 10.8. The Morgan fingerprint density at radius 3 is 2.62 bits per heavy atom. The topological polar surface area (TPSA) is 17.8 Å². The Morgan fingerprint density at radius 1 is 1.10 bits per heavy atom. The van der Waals surface area contributed by atoms with Gasteiger partial charge in [0.15, 0.2) is 11.6 Å². The molecule has 3 rings (SSSR count). The maximum Gasteiger partial charge on any atom is 0.185 e. The Labute approximate surface area is 123 Å². The summed E-state index contributed by atoms with van der Waals surface area (Å²) >= 11 is 5.73. The van der Waals surface area contributed by atoms with Crippen LogP contribution in [0.4, 0.5) is 13.2 Å². The van der Waals surface area contributed by atoms with Gasteiger partial charge in [0.2, 0.25) is 0 Å². The van der Waals surface area contributed by atoms with Crippen molar-refractivity contribution in [1.29, 1.82) is 0 Å². The summed E-state index contributed by atoms with van der Waals surface area (Å²) in [5, 5.41) is 0. The van der Waals surface area contributed by atoms with Gasteiger partial charge in [-0.1, -0.05) is 6.07 Å². The van der Waals surface area contributed by atoms with E-state index in [0.29, 0.717) is 23.4 Å². The second kappa shape index (κ2) is 5.41. The molecule has 1 heterocycles. The molecule has 0 saturated heterocycles. The van der Waals surface area contributed by atoms with Gasteiger partial charge in [0.1, 0.15) is 17.2 Å². The summed E-state index contributed by atoms with van der Waals surface area (Å²) in [4.78, 5) is 4.26. The van der Waals surface area contributed by atoms with Gasteiger partial charge >= 0.3 is 0 Å². The van der Waals surface area contributed by atoms with Gasteiger partial charge in [-0.15, -0.1) is 11.6 Å². The maximum absolute atomic E-state index is 14.1. The molecule has 0 fully saturated rings. The highest BCUT2D eigenvalue weighted by atomic mass is 35.5. The van der Waals surface area contributed by atoms with Gasteiger partial charge < -0.3 is 0 Å². The summed E-state index contributed by atoms with van der Waals surface area (Å²) in [6, 6.07) is 8.03. The van der Waals surface area contributed by atoms with E-state index in [1.807, 2.05) is 0 Å². The molecule has 0 atom stereocenters. The highest BCUT2D eigenvalue weighted by molar-refractivity contribution is 6.17. The van der Waals surface area contributed by atoms with Crippen LogP contribution in [-0.2, 0) is 6.42 Å². The molecule has 6 heteroatoms. The number of hydrogen-bond acceptors (Lipinski definition) is 1. The lowest BCUT2D eigenvalue weighted by Gasteiger charge is -2.09. The zero-order valence-corrected chi connectivity index (χ0v) is 11.5. The minimum atomic E-state index is -1.01. The second-order valence-corrected chi connectivity index (χ2v) is 4.89. The first-order valence-corrected chi connectivity index (χ1v) is 6.82. The third-order valence-corrected chi connectivity index (χ3v) is 3.35. The lowest BCUT2D eigenvalue weighted by molar-refractivity contribution is 0.514. The molecule has 0 unspecified atom stereocenters. The summed E-state index contributed by atoms with van der Waals surface area (Å²) in [6.45, 7) is 0. The molecule has 21 heavy (non-hydrogen) atoms. The fraction of sp³-hybridized carbons (Fsp3) is 0.133. The Bertz CT molecular complexity index is 814. The molecule has 0 aliphatic rings. The number of hydrogen-bond donors (Lipinski definition) is 0. The van der Waals surface area contributed by atoms with Crippen molar-refractivity contribution in [3.05, 3.63) is 59.7 Å². The van der Waals surface area contributed by atoms with E-state index in [1.165, 1.54) is 28.8 Å². The first-order valence-electron chi connectivity index (χ1n) is 6.29. The van der Waals surface area contributed by atoms with E-state index in [2.05, 4.69) is 4.98 Å². The molecule has 1 aromatic heterocycles. The van der Waals surface area contributed by atoms with E-state index in [1.54, 1.807) is 6.07 Å². The first-order chi connectivity index (χ1) is 10.1. The monoisotopic (exact) mass is 310 g/mol. The number of benzene rings is 2. The molecule has 0 spiro atoms. The molecular formula is C15H10ClF3N2. The zero-order chi connectivity index (χ0) is 15.0. The SMILES string of the molecule is Fc1cccc(-n2c(CCCl)nc3ccc(F)c(F)c32)c1. The molecular weight excluding hydrogens is 301 g/mol. The first kappa shape index (κ1) is 13.9. The molecule has 2 nitrogen and oxygen atoms in total. The van der Waals surface area contributed by atoms with Gasteiger partial charge in [-0.3, -0.25) is 4.57 Å². The summed E-state index contributed by atoms with van der Waals surface area (Å²) in [5.41, 5.74) is 0.668. The second-order valence-electron chi connectivity index (χ2n) is 4.51.